The van der Waals surface area contributed by atoms with E-state index in [1.54, 1.807) is 68.6 Å². The molecule has 0 fully saturated rings. The Bertz CT molecular complexity index is 1660. The first-order chi connectivity index (χ1) is 23.6. The summed E-state index contributed by atoms with van der Waals surface area (Å²) in [6, 6.07) is 15.7. The van der Waals surface area contributed by atoms with Crippen molar-refractivity contribution in [3.63, 3.8) is 0 Å². The molecule has 3 aromatic carbocycles. The number of rotatable bonds is 16. The van der Waals surface area contributed by atoms with Gasteiger partial charge >= 0.3 is 5.97 Å². The maximum atomic E-state index is 14.5. The maximum absolute atomic E-state index is 14.5. The molecule has 1 heterocycles. The molecule has 13 heteroatoms. The average molecular weight is 697 g/mol. The van der Waals surface area contributed by atoms with Crippen LogP contribution in [-0.4, -0.2) is 71.3 Å². The molecule has 0 aromatic heterocycles. The van der Waals surface area contributed by atoms with Crippen LogP contribution in [0.1, 0.15) is 55.4 Å². The third kappa shape index (κ3) is 9.21. The van der Waals surface area contributed by atoms with E-state index in [-0.39, 0.29) is 44.3 Å². The van der Waals surface area contributed by atoms with Crippen molar-refractivity contribution in [2.24, 2.45) is 0 Å². The lowest BCUT2D eigenvalue weighted by Crippen LogP contribution is -2.42. The van der Waals surface area contributed by atoms with Crippen LogP contribution in [0.25, 0.3) is 0 Å². The molecule has 2 atom stereocenters. The molecule has 0 aliphatic carbocycles. The Balaban J connectivity index is 1.69. The van der Waals surface area contributed by atoms with Gasteiger partial charge in [-0.15, -0.1) is 0 Å². The second-order valence-corrected chi connectivity index (χ2v) is 11.5. The van der Waals surface area contributed by atoms with Crippen molar-refractivity contribution in [2.45, 2.75) is 51.4 Å². The quantitative estimate of drug-likeness (QED) is 0.199. The van der Waals surface area contributed by atoms with E-state index in [0.717, 1.165) is 0 Å². The number of ketones is 1. The zero-order valence-electron chi connectivity index (χ0n) is 28.2. The molecular weight excluding hydrogens is 656 g/mol. The molecule has 2 amide bonds. The van der Waals surface area contributed by atoms with Crippen LogP contribution in [0.5, 0.6) is 23.0 Å². The number of anilines is 1. The number of benzene rings is 3. The number of halogens is 1. The molecule has 0 unspecified atom stereocenters. The third-order valence-corrected chi connectivity index (χ3v) is 8.17. The number of esters is 1. The summed E-state index contributed by atoms with van der Waals surface area (Å²) < 4.78 is 33.7. The molecule has 262 valence electrons. The highest BCUT2D eigenvalue weighted by Crippen LogP contribution is 2.45. The number of amides is 2. The molecular formula is C36H41ClN2O10. The molecule has 0 saturated carbocycles. The van der Waals surface area contributed by atoms with E-state index in [1.165, 1.54) is 26.2 Å². The fourth-order valence-corrected chi connectivity index (χ4v) is 5.75. The van der Waals surface area contributed by atoms with Crippen molar-refractivity contribution in [2.75, 3.05) is 46.5 Å². The van der Waals surface area contributed by atoms with E-state index in [9.17, 15) is 19.2 Å². The van der Waals surface area contributed by atoms with Gasteiger partial charge in [0.15, 0.2) is 17.3 Å². The fourth-order valence-electron chi connectivity index (χ4n) is 5.57. The topological polar surface area (TPSA) is 139 Å². The van der Waals surface area contributed by atoms with Crippen LogP contribution in [0, 0.1) is 0 Å². The Morgan fingerprint density at radius 3 is 2.37 bits per heavy atom. The predicted molar refractivity (Wildman–Crippen MR) is 182 cm³/mol. The Kier molecular flexibility index (Phi) is 13.3. The van der Waals surface area contributed by atoms with Crippen LogP contribution in [0.2, 0.25) is 5.02 Å². The summed E-state index contributed by atoms with van der Waals surface area (Å²) in [4.78, 5) is 53.3. The predicted octanol–water partition coefficient (Wildman–Crippen LogP) is 5.20. The molecule has 1 N–H and O–H groups in total. The minimum absolute atomic E-state index is 0.0586. The van der Waals surface area contributed by atoms with E-state index in [0.29, 0.717) is 56.8 Å². The summed E-state index contributed by atoms with van der Waals surface area (Å²) in [7, 11) is 6.08. The van der Waals surface area contributed by atoms with Crippen LogP contribution in [-0.2, 0) is 35.2 Å². The van der Waals surface area contributed by atoms with Crippen molar-refractivity contribution in [1.29, 1.82) is 0 Å². The number of nitrogens with zero attached hydrogens (tertiary/aromatic N) is 1. The summed E-state index contributed by atoms with van der Waals surface area (Å²) in [6.45, 7) is 1.76. The Morgan fingerprint density at radius 2 is 1.67 bits per heavy atom. The van der Waals surface area contributed by atoms with Gasteiger partial charge in [0.05, 0.1) is 60.2 Å². The van der Waals surface area contributed by atoms with E-state index in [1.807, 2.05) is 0 Å². The Labute approximate surface area is 290 Å². The summed E-state index contributed by atoms with van der Waals surface area (Å²) >= 11 is 6.53. The molecule has 0 bridgehead atoms. The highest BCUT2D eigenvalue weighted by atomic mass is 35.5. The van der Waals surface area contributed by atoms with Gasteiger partial charge < -0.3 is 38.6 Å². The number of Topliss-reactive ketones (excluding diaryl/α,β-unsaturated/α-hetero) is 1. The SMILES string of the molecule is CCOC(=O)CCCC(=O)CNC(=O)C[C@H]1O[C@H](c2cccc(OC)c2OC)c2cc(Cl)ccc2N(Cc2ccc(OC)cc2OC)C1=O. The minimum Gasteiger partial charge on any atom is -0.497 e. The van der Waals surface area contributed by atoms with E-state index >= 15 is 0 Å². The second-order valence-electron chi connectivity index (χ2n) is 11.1. The minimum atomic E-state index is -1.30. The van der Waals surface area contributed by atoms with E-state index < -0.39 is 30.4 Å². The number of nitrogens with one attached hydrogen (secondary N) is 1. The van der Waals surface area contributed by atoms with Gasteiger partial charge in [-0.1, -0.05) is 23.7 Å². The smallest absolute Gasteiger partial charge is 0.305 e. The largest absolute Gasteiger partial charge is 0.497 e. The highest BCUT2D eigenvalue weighted by molar-refractivity contribution is 6.30. The third-order valence-electron chi connectivity index (χ3n) is 7.94. The lowest BCUT2D eigenvalue weighted by Gasteiger charge is -2.26. The zero-order chi connectivity index (χ0) is 35.5. The first-order valence-electron chi connectivity index (χ1n) is 15.8. The van der Waals surface area contributed by atoms with Crippen LogP contribution in [0.3, 0.4) is 0 Å². The summed E-state index contributed by atoms with van der Waals surface area (Å²) in [5.74, 6) is 0.183. The van der Waals surface area contributed by atoms with Gasteiger partial charge in [0.2, 0.25) is 5.91 Å². The van der Waals surface area contributed by atoms with Crippen molar-refractivity contribution in [1.82, 2.24) is 5.32 Å². The highest BCUT2D eigenvalue weighted by Gasteiger charge is 2.39. The van der Waals surface area contributed by atoms with Gasteiger partial charge in [-0.3, -0.25) is 19.2 Å². The molecule has 12 nitrogen and oxygen atoms in total. The summed E-state index contributed by atoms with van der Waals surface area (Å²) in [6.07, 6.45) is -2.12. The van der Waals surface area contributed by atoms with Crippen molar-refractivity contribution >= 4 is 40.9 Å². The molecule has 0 radical (unpaired) electrons. The van der Waals surface area contributed by atoms with Crippen molar-refractivity contribution in [3.05, 3.63) is 76.3 Å². The van der Waals surface area contributed by atoms with Gasteiger partial charge in [0, 0.05) is 40.6 Å². The van der Waals surface area contributed by atoms with Crippen LogP contribution in [0.4, 0.5) is 5.69 Å². The number of carbonyl (C=O) groups excluding carboxylic acids is 4. The van der Waals surface area contributed by atoms with Gasteiger partial charge in [-0.25, -0.2) is 0 Å². The number of hydrogen-bond acceptors (Lipinski definition) is 10. The first kappa shape index (κ1) is 37.0. The molecule has 0 spiro atoms. The number of fused-ring (bicyclic) bond motifs is 1. The molecule has 49 heavy (non-hydrogen) atoms. The Hall–Kier alpha value is -4.81. The van der Waals surface area contributed by atoms with Gasteiger partial charge in [0.25, 0.3) is 5.91 Å². The van der Waals surface area contributed by atoms with Crippen LogP contribution in [0.15, 0.2) is 54.6 Å². The number of methoxy groups -OCH3 is 4. The molecule has 1 aliphatic rings. The molecule has 3 aromatic rings. The van der Waals surface area contributed by atoms with Crippen molar-refractivity contribution < 1.29 is 47.6 Å². The first-order valence-corrected chi connectivity index (χ1v) is 16.1. The monoisotopic (exact) mass is 696 g/mol. The molecule has 4 rings (SSSR count). The second kappa shape index (κ2) is 17.5. The van der Waals surface area contributed by atoms with Crippen LogP contribution < -0.4 is 29.2 Å². The standard InChI is InChI=1S/C36H41ClN2O10/c1-6-48-33(42)12-7-9-24(40)20-38-32(41)19-31-36(43)39(21-22-13-15-25(44-2)18-30(22)46-4)28-16-14-23(37)17-27(28)34(49-31)26-10-8-11-29(45-3)35(26)47-5/h8,10-11,13-18,31,34H,6-7,9,12,19-21H2,1-5H3,(H,38,41)/t31-,34-/m1/s1. The fraction of sp³-hybridized carbons (Fsp3) is 0.389. The molecule has 1 aliphatic heterocycles. The van der Waals surface area contributed by atoms with Crippen molar-refractivity contribution in [3.8, 4) is 23.0 Å². The zero-order valence-corrected chi connectivity index (χ0v) is 29.0. The van der Waals surface area contributed by atoms with Crippen LogP contribution >= 0.6 is 11.6 Å². The lowest BCUT2D eigenvalue weighted by atomic mass is 9.97. The normalized spacial score (nSPS) is 15.5. The van der Waals surface area contributed by atoms with Gasteiger partial charge in [0.1, 0.15) is 23.7 Å². The number of para-hydroxylation sites is 1. The number of ether oxygens (including phenoxy) is 6. The van der Waals surface area contributed by atoms with E-state index in [4.69, 9.17) is 40.0 Å². The molecule has 0 saturated heterocycles. The van der Waals surface area contributed by atoms with E-state index in [2.05, 4.69) is 5.32 Å². The van der Waals surface area contributed by atoms with Gasteiger partial charge in [-0.2, -0.15) is 0 Å². The maximum Gasteiger partial charge on any atom is 0.305 e. The Morgan fingerprint density at radius 1 is 0.898 bits per heavy atom. The summed E-state index contributed by atoms with van der Waals surface area (Å²) in [5.41, 5.74) is 2.28. The summed E-state index contributed by atoms with van der Waals surface area (Å²) in [5, 5.41) is 3.00. The average Bonchev–Trinajstić information content (AvgIpc) is 3.20. The number of carbonyl (C=O) groups is 4. The van der Waals surface area contributed by atoms with Gasteiger partial charge in [-0.05, 0) is 49.7 Å². The number of hydrogen-bond donors (Lipinski definition) is 1. The lowest BCUT2D eigenvalue weighted by molar-refractivity contribution is -0.143.